The van der Waals surface area contributed by atoms with E-state index in [0.717, 1.165) is 18.8 Å². The molecule has 0 amide bonds. The zero-order valence-corrected chi connectivity index (χ0v) is 11.5. The van der Waals surface area contributed by atoms with Crippen LogP contribution < -0.4 is 11.3 Å². The Bertz CT molecular complexity index is 356. The lowest BCUT2D eigenvalue weighted by Crippen LogP contribution is -2.36. The minimum atomic E-state index is 0.479. The summed E-state index contributed by atoms with van der Waals surface area (Å²) in [5.74, 6) is 6.61. The Morgan fingerprint density at radius 2 is 2.00 bits per heavy atom. The maximum absolute atomic E-state index is 5.70. The molecule has 2 nitrogen and oxygen atoms in total. The first-order valence-corrected chi connectivity index (χ1v) is 7.30. The van der Waals surface area contributed by atoms with Gasteiger partial charge in [-0.25, -0.2) is 0 Å². The molecule has 0 saturated heterocycles. The molecule has 0 aliphatic heterocycles. The van der Waals surface area contributed by atoms with Crippen LogP contribution in [-0.2, 0) is 6.42 Å². The van der Waals surface area contributed by atoms with E-state index in [4.69, 9.17) is 5.84 Å². The summed E-state index contributed by atoms with van der Waals surface area (Å²) in [6.45, 7) is 2.19. The van der Waals surface area contributed by atoms with Gasteiger partial charge in [-0.1, -0.05) is 49.9 Å². The number of nitrogens with two attached hydrogens (primary N) is 1. The van der Waals surface area contributed by atoms with Gasteiger partial charge >= 0.3 is 0 Å². The van der Waals surface area contributed by atoms with Crippen LogP contribution in [0.15, 0.2) is 24.3 Å². The van der Waals surface area contributed by atoms with Gasteiger partial charge < -0.3 is 0 Å². The summed E-state index contributed by atoms with van der Waals surface area (Å²) in [6.07, 6.45) is 9.18. The third-order valence-corrected chi connectivity index (χ3v) is 4.35. The van der Waals surface area contributed by atoms with Gasteiger partial charge in [-0.2, -0.15) is 0 Å². The summed E-state index contributed by atoms with van der Waals surface area (Å²) in [5.41, 5.74) is 5.88. The number of rotatable bonds is 6. The van der Waals surface area contributed by atoms with Crippen molar-refractivity contribution in [2.24, 2.45) is 11.8 Å². The quantitative estimate of drug-likeness (QED) is 0.597. The lowest BCUT2D eigenvalue weighted by Gasteiger charge is -2.20. The van der Waals surface area contributed by atoms with Gasteiger partial charge in [0.05, 0.1) is 0 Å². The largest absolute Gasteiger partial charge is 0.271 e. The number of hydrazine groups is 1. The van der Waals surface area contributed by atoms with Gasteiger partial charge in [0.1, 0.15) is 0 Å². The van der Waals surface area contributed by atoms with Crippen molar-refractivity contribution in [3.63, 3.8) is 0 Å². The van der Waals surface area contributed by atoms with Gasteiger partial charge in [0, 0.05) is 6.04 Å². The van der Waals surface area contributed by atoms with Crippen molar-refractivity contribution >= 4 is 0 Å². The molecule has 1 aromatic carbocycles. The second-order valence-corrected chi connectivity index (χ2v) is 5.71. The van der Waals surface area contributed by atoms with E-state index in [9.17, 15) is 0 Å². The molecule has 0 heterocycles. The van der Waals surface area contributed by atoms with Gasteiger partial charge in [-0.3, -0.25) is 11.3 Å². The van der Waals surface area contributed by atoms with Gasteiger partial charge in [-0.05, 0) is 43.2 Å². The molecule has 1 aliphatic rings. The monoisotopic (exact) mass is 246 g/mol. The van der Waals surface area contributed by atoms with Crippen LogP contribution in [0.25, 0.3) is 0 Å². The molecule has 1 fully saturated rings. The Hall–Kier alpha value is -0.860. The third kappa shape index (κ3) is 3.82. The molecule has 1 aliphatic carbocycles. The molecule has 2 heteroatoms. The summed E-state index contributed by atoms with van der Waals surface area (Å²) in [6, 6.07) is 9.14. The molecule has 0 radical (unpaired) electrons. The average Bonchev–Trinajstić information content (AvgIpc) is 2.89. The summed E-state index contributed by atoms with van der Waals surface area (Å²) in [7, 11) is 0. The van der Waals surface area contributed by atoms with Crippen molar-refractivity contribution in [3.8, 4) is 0 Å². The average molecular weight is 246 g/mol. The number of hydrogen-bond acceptors (Lipinski definition) is 2. The maximum atomic E-state index is 5.70. The zero-order valence-electron chi connectivity index (χ0n) is 11.5. The van der Waals surface area contributed by atoms with Crippen LogP contribution in [0.4, 0.5) is 0 Å². The Balaban J connectivity index is 1.81. The first-order chi connectivity index (χ1) is 8.79. The van der Waals surface area contributed by atoms with Crippen LogP contribution in [0.1, 0.15) is 49.7 Å². The summed E-state index contributed by atoms with van der Waals surface area (Å²) in [4.78, 5) is 0. The summed E-state index contributed by atoms with van der Waals surface area (Å²) >= 11 is 0. The van der Waals surface area contributed by atoms with E-state index >= 15 is 0 Å². The van der Waals surface area contributed by atoms with Gasteiger partial charge in [0.25, 0.3) is 0 Å². The zero-order chi connectivity index (χ0) is 12.8. The van der Waals surface area contributed by atoms with E-state index in [1.807, 2.05) is 0 Å². The number of nitrogens with one attached hydrogen (secondary N) is 1. The fourth-order valence-electron chi connectivity index (χ4n) is 3.14. The lowest BCUT2D eigenvalue weighted by atomic mass is 9.93. The molecule has 0 spiro atoms. The predicted octanol–water partition coefficient (Wildman–Crippen LogP) is 3.34. The Labute approximate surface area is 111 Å². The number of hydrogen-bond donors (Lipinski definition) is 2. The first-order valence-electron chi connectivity index (χ1n) is 7.30. The minimum Gasteiger partial charge on any atom is -0.271 e. The van der Waals surface area contributed by atoms with Gasteiger partial charge in [0.2, 0.25) is 0 Å². The molecule has 18 heavy (non-hydrogen) atoms. The highest BCUT2D eigenvalue weighted by Crippen LogP contribution is 2.29. The van der Waals surface area contributed by atoms with E-state index in [-0.39, 0.29) is 0 Å². The highest BCUT2D eigenvalue weighted by molar-refractivity contribution is 5.25. The Morgan fingerprint density at radius 1 is 1.28 bits per heavy atom. The van der Waals surface area contributed by atoms with Crippen molar-refractivity contribution in [3.05, 3.63) is 35.4 Å². The number of aryl methyl sites for hydroxylation is 2. The molecule has 1 aromatic rings. The van der Waals surface area contributed by atoms with E-state index < -0.39 is 0 Å². The second-order valence-electron chi connectivity index (χ2n) is 5.71. The smallest absolute Gasteiger partial charge is 0.0216 e. The molecule has 2 rings (SSSR count). The van der Waals surface area contributed by atoms with E-state index in [2.05, 4.69) is 36.6 Å². The first kappa shape index (κ1) is 13.6. The van der Waals surface area contributed by atoms with E-state index in [1.54, 1.807) is 0 Å². The molecule has 1 saturated carbocycles. The standard InChI is InChI=1S/C16H26N2/c1-13-6-2-5-9-15(13)10-11-16(18-17)12-14-7-3-4-8-14/h2,5-6,9,14,16,18H,3-4,7-8,10-12,17H2,1H3. The summed E-state index contributed by atoms with van der Waals surface area (Å²) in [5, 5.41) is 0. The molecule has 100 valence electrons. The fourth-order valence-corrected chi connectivity index (χ4v) is 3.14. The predicted molar refractivity (Wildman–Crippen MR) is 77.2 cm³/mol. The normalized spacial score (nSPS) is 18.1. The van der Waals surface area contributed by atoms with Crippen LogP contribution in [-0.4, -0.2) is 6.04 Å². The second kappa shape index (κ2) is 6.91. The molecular weight excluding hydrogens is 220 g/mol. The van der Waals surface area contributed by atoms with Crippen molar-refractivity contribution in [2.75, 3.05) is 0 Å². The lowest BCUT2D eigenvalue weighted by molar-refractivity contribution is 0.375. The Morgan fingerprint density at radius 3 is 2.67 bits per heavy atom. The molecular formula is C16H26N2. The van der Waals surface area contributed by atoms with Crippen molar-refractivity contribution in [1.82, 2.24) is 5.43 Å². The molecule has 0 bridgehead atoms. The summed E-state index contributed by atoms with van der Waals surface area (Å²) < 4.78 is 0. The SMILES string of the molecule is Cc1ccccc1CCC(CC1CCCC1)NN. The van der Waals surface area contributed by atoms with Gasteiger partial charge in [0.15, 0.2) is 0 Å². The Kier molecular flexibility index (Phi) is 5.21. The van der Waals surface area contributed by atoms with Crippen molar-refractivity contribution in [2.45, 2.75) is 57.9 Å². The van der Waals surface area contributed by atoms with Crippen LogP contribution in [0.3, 0.4) is 0 Å². The number of benzene rings is 1. The van der Waals surface area contributed by atoms with E-state index in [1.165, 1.54) is 43.2 Å². The minimum absolute atomic E-state index is 0.479. The molecule has 1 atom stereocenters. The molecule has 0 aromatic heterocycles. The maximum Gasteiger partial charge on any atom is 0.0216 e. The van der Waals surface area contributed by atoms with Crippen molar-refractivity contribution in [1.29, 1.82) is 0 Å². The van der Waals surface area contributed by atoms with Crippen molar-refractivity contribution < 1.29 is 0 Å². The van der Waals surface area contributed by atoms with E-state index in [0.29, 0.717) is 6.04 Å². The highest BCUT2D eigenvalue weighted by Gasteiger charge is 2.19. The highest BCUT2D eigenvalue weighted by atomic mass is 15.2. The van der Waals surface area contributed by atoms with Crippen LogP contribution >= 0.6 is 0 Å². The fraction of sp³-hybridized carbons (Fsp3) is 0.625. The molecule has 1 unspecified atom stereocenters. The topological polar surface area (TPSA) is 38.0 Å². The third-order valence-electron chi connectivity index (χ3n) is 4.35. The van der Waals surface area contributed by atoms with Crippen LogP contribution in [0.2, 0.25) is 0 Å². The van der Waals surface area contributed by atoms with Crippen LogP contribution in [0, 0.1) is 12.8 Å². The molecule has 3 N–H and O–H groups in total. The van der Waals surface area contributed by atoms with Crippen LogP contribution in [0.5, 0.6) is 0 Å². The van der Waals surface area contributed by atoms with Gasteiger partial charge in [-0.15, -0.1) is 0 Å².